The van der Waals surface area contributed by atoms with E-state index in [4.69, 9.17) is 18.9 Å². The van der Waals surface area contributed by atoms with Gasteiger partial charge in [0.05, 0.1) is 40.1 Å². The van der Waals surface area contributed by atoms with Crippen LogP contribution in [0.25, 0.3) is 0 Å². The average Bonchev–Trinajstić information content (AvgIpc) is 2.77. The number of likely N-dealkylation sites (N-methyl/N-ethyl adjacent to an activating group) is 1. The molecular weight excluding hydrogens is 390 g/mol. The van der Waals surface area contributed by atoms with Crippen LogP contribution in [0.1, 0.15) is 0 Å². The van der Waals surface area contributed by atoms with Crippen molar-refractivity contribution >= 4 is 23.2 Å². The lowest BCUT2D eigenvalue weighted by Gasteiger charge is -2.35. The Bertz CT molecular complexity index is 908. The van der Waals surface area contributed by atoms with E-state index in [1.54, 1.807) is 25.2 Å². The van der Waals surface area contributed by atoms with Crippen LogP contribution in [0, 0.1) is 0 Å². The molecule has 3 rings (SSSR count). The smallest absolute Gasteiger partial charge is 0.262 e. The molecule has 1 aliphatic rings. The number of hydrogen-bond donors (Lipinski definition) is 2. The van der Waals surface area contributed by atoms with Crippen molar-refractivity contribution in [2.45, 2.75) is 6.10 Å². The topological polar surface area (TPSA) is 98.4 Å². The number of carbonyl (C=O) groups is 2. The number of ether oxygens (including phenoxy) is 4. The minimum Gasteiger partial charge on any atom is -0.493 e. The van der Waals surface area contributed by atoms with Crippen LogP contribution in [0.3, 0.4) is 0 Å². The first-order chi connectivity index (χ1) is 14.5. The van der Waals surface area contributed by atoms with Gasteiger partial charge in [0, 0.05) is 24.9 Å². The van der Waals surface area contributed by atoms with E-state index >= 15 is 0 Å². The van der Waals surface area contributed by atoms with Gasteiger partial charge in [-0.3, -0.25) is 9.59 Å². The van der Waals surface area contributed by atoms with E-state index in [-0.39, 0.29) is 24.9 Å². The zero-order valence-corrected chi connectivity index (χ0v) is 17.4. The molecule has 2 N–H and O–H groups in total. The normalized spacial score (nSPS) is 14.8. The van der Waals surface area contributed by atoms with Gasteiger partial charge in [-0.2, -0.15) is 0 Å². The van der Waals surface area contributed by atoms with Crippen molar-refractivity contribution in [3.8, 4) is 23.0 Å². The maximum atomic E-state index is 12.8. The molecule has 0 fully saturated rings. The van der Waals surface area contributed by atoms with Gasteiger partial charge >= 0.3 is 0 Å². The molecule has 0 spiro atoms. The Labute approximate surface area is 174 Å². The Morgan fingerprint density at radius 2 is 1.77 bits per heavy atom. The zero-order chi connectivity index (χ0) is 21.7. The van der Waals surface area contributed by atoms with Crippen LogP contribution in [-0.2, 0) is 9.59 Å². The molecule has 0 aromatic heterocycles. The van der Waals surface area contributed by atoms with Gasteiger partial charge in [-0.1, -0.05) is 12.1 Å². The number of nitrogens with one attached hydrogen (secondary N) is 2. The van der Waals surface area contributed by atoms with Crippen LogP contribution in [0.4, 0.5) is 11.4 Å². The van der Waals surface area contributed by atoms with E-state index in [9.17, 15) is 9.59 Å². The predicted molar refractivity (Wildman–Crippen MR) is 112 cm³/mol. The SMILES string of the molecule is CNC(=O)[C@@H]1CN(CC(=O)Nc2cc(OC)c(OC)c(OC)c2)c2ccccc2O1. The molecular formula is C21H25N3O6. The molecule has 160 valence electrons. The first kappa shape index (κ1) is 21.1. The number of hydrogen-bond acceptors (Lipinski definition) is 7. The Morgan fingerprint density at radius 3 is 2.37 bits per heavy atom. The Morgan fingerprint density at radius 1 is 1.10 bits per heavy atom. The molecule has 2 aromatic carbocycles. The summed E-state index contributed by atoms with van der Waals surface area (Å²) in [6, 6.07) is 10.6. The molecule has 0 saturated heterocycles. The van der Waals surface area contributed by atoms with Gasteiger partial charge in [-0.15, -0.1) is 0 Å². The number of methoxy groups -OCH3 is 3. The molecule has 1 heterocycles. The van der Waals surface area contributed by atoms with E-state index in [2.05, 4.69) is 10.6 Å². The van der Waals surface area contributed by atoms with E-state index < -0.39 is 6.10 Å². The minimum atomic E-state index is -0.709. The number of anilines is 2. The molecule has 0 saturated carbocycles. The number of benzene rings is 2. The van der Waals surface area contributed by atoms with Crippen molar-refractivity contribution in [1.29, 1.82) is 0 Å². The second-order valence-electron chi connectivity index (χ2n) is 6.53. The lowest BCUT2D eigenvalue weighted by Crippen LogP contribution is -2.50. The van der Waals surface area contributed by atoms with Crippen LogP contribution in [0.2, 0.25) is 0 Å². The van der Waals surface area contributed by atoms with Gasteiger partial charge < -0.3 is 34.5 Å². The largest absolute Gasteiger partial charge is 0.493 e. The first-order valence-electron chi connectivity index (χ1n) is 9.32. The quantitative estimate of drug-likeness (QED) is 0.710. The van der Waals surface area contributed by atoms with Crippen LogP contribution >= 0.6 is 0 Å². The maximum Gasteiger partial charge on any atom is 0.262 e. The van der Waals surface area contributed by atoms with Gasteiger partial charge in [0.25, 0.3) is 5.91 Å². The summed E-state index contributed by atoms with van der Waals surface area (Å²) in [7, 11) is 6.07. The highest BCUT2D eigenvalue weighted by molar-refractivity contribution is 5.95. The van der Waals surface area contributed by atoms with Gasteiger partial charge in [-0.05, 0) is 12.1 Å². The number of carbonyl (C=O) groups excluding carboxylic acids is 2. The summed E-state index contributed by atoms with van der Waals surface area (Å²) in [4.78, 5) is 26.7. The van der Waals surface area contributed by atoms with Gasteiger partial charge in [0.1, 0.15) is 5.75 Å². The molecule has 1 atom stereocenters. The molecule has 30 heavy (non-hydrogen) atoms. The fourth-order valence-electron chi connectivity index (χ4n) is 3.28. The number of fused-ring (bicyclic) bond motifs is 1. The predicted octanol–water partition coefficient (Wildman–Crippen LogP) is 1.66. The number of para-hydroxylation sites is 2. The van der Waals surface area contributed by atoms with Crippen LogP contribution < -0.4 is 34.5 Å². The number of rotatable bonds is 7. The fourth-order valence-corrected chi connectivity index (χ4v) is 3.28. The first-order valence-corrected chi connectivity index (χ1v) is 9.32. The third-order valence-electron chi connectivity index (χ3n) is 4.68. The standard InChI is InChI=1S/C21H25N3O6/c1-22-21(26)18-11-24(14-7-5-6-8-15(14)30-18)12-19(25)23-13-9-16(27-2)20(29-4)17(10-13)28-3/h5-10,18H,11-12H2,1-4H3,(H,22,26)(H,23,25)/t18-/m0/s1. The number of amides is 2. The van der Waals surface area contributed by atoms with Crippen LogP contribution in [-0.4, -0.2) is 59.4 Å². The molecule has 0 radical (unpaired) electrons. The molecule has 9 heteroatoms. The molecule has 1 aliphatic heterocycles. The second-order valence-corrected chi connectivity index (χ2v) is 6.53. The molecule has 0 bridgehead atoms. The van der Waals surface area contributed by atoms with Gasteiger partial charge in [-0.25, -0.2) is 0 Å². The third-order valence-corrected chi connectivity index (χ3v) is 4.68. The Kier molecular flexibility index (Phi) is 6.51. The summed E-state index contributed by atoms with van der Waals surface area (Å²) >= 11 is 0. The van der Waals surface area contributed by atoms with Crippen LogP contribution in [0.5, 0.6) is 23.0 Å². The van der Waals surface area contributed by atoms with Crippen molar-refractivity contribution in [3.05, 3.63) is 36.4 Å². The van der Waals surface area contributed by atoms with Gasteiger partial charge in [0.15, 0.2) is 17.6 Å². The van der Waals surface area contributed by atoms with E-state index in [1.807, 2.05) is 23.1 Å². The van der Waals surface area contributed by atoms with Gasteiger partial charge in [0.2, 0.25) is 11.7 Å². The summed E-state index contributed by atoms with van der Waals surface area (Å²) in [6.07, 6.45) is -0.709. The van der Waals surface area contributed by atoms with E-state index in [0.717, 1.165) is 5.69 Å². The number of nitrogens with zero attached hydrogens (tertiary/aromatic N) is 1. The van der Waals surface area contributed by atoms with Crippen molar-refractivity contribution in [2.24, 2.45) is 0 Å². The maximum absolute atomic E-state index is 12.8. The average molecular weight is 415 g/mol. The summed E-state index contributed by atoms with van der Waals surface area (Å²) in [6.45, 7) is 0.282. The van der Waals surface area contributed by atoms with Crippen molar-refractivity contribution in [2.75, 3.05) is 51.7 Å². The summed E-state index contributed by atoms with van der Waals surface area (Å²) < 4.78 is 21.7. The summed E-state index contributed by atoms with van der Waals surface area (Å²) in [5.74, 6) is 1.34. The minimum absolute atomic E-state index is 0.0323. The zero-order valence-electron chi connectivity index (χ0n) is 17.4. The molecule has 0 aliphatic carbocycles. The summed E-state index contributed by atoms with van der Waals surface area (Å²) in [5.41, 5.74) is 1.25. The van der Waals surface area contributed by atoms with Crippen molar-refractivity contribution in [3.63, 3.8) is 0 Å². The monoisotopic (exact) mass is 415 g/mol. The molecule has 0 unspecified atom stereocenters. The van der Waals surface area contributed by atoms with Crippen molar-refractivity contribution < 1.29 is 28.5 Å². The third kappa shape index (κ3) is 4.35. The Hall–Kier alpha value is -3.62. The highest BCUT2D eigenvalue weighted by atomic mass is 16.5. The lowest BCUT2D eigenvalue weighted by molar-refractivity contribution is -0.127. The Balaban J connectivity index is 1.79. The highest BCUT2D eigenvalue weighted by Crippen LogP contribution is 2.40. The molecule has 9 nitrogen and oxygen atoms in total. The van der Waals surface area contributed by atoms with E-state index in [0.29, 0.717) is 28.7 Å². The molecule has 2 amide bonds. The van der Waals surface area contributed by atoms with E-state index in [1.165, 1.54) is 21.3 Å². The fraction of sp³-hybridized carbons (Fsp3) is 0.333. The second kappa shape index (κ2) is 9.25. The van der Waals surface area contributed by atoms with Crippen molar-refractivity contribution in [1.82, 2.24) is 5.32 Å². The molecule has 2 aromatic rings. The van der Waals surface area contributed by atoms with Crippen LogP contribution in [0.15, 0.2) is 36.4 Å². The summed E-state index contributed by atoms with van der Waals surface area (Å²) in [5, 5.41) is 5.43. The highest BCUT2D eigenvalue weighted by Gasteiger charge is 2.31. The lowest BCUT2D eigenvalue weighted by atomic mass is 10.1.